The van der Waals surface area contributed by atoms with Gasteiger partial charge in [-0.15, -0.1) is 0 Å². The van der Waals surface area contributed by atoms with Crippen molar-refractivity contribution in [2.75, 3.05) is 37.5 Å². The number of hydrogen-bond donors (Lipinski definition) is 1. The monoisotopic (exact) mass is 531 g/mol. The van der Waals surface area contributed by atoms with Gasteiger partial charge in [-0.05, 0) is 56.2 Å². The molecule has 5 rings (SSSR count). The quantitative estimate of drug-likeness (QED) is 0.471. The SMILES string of the molecule is CN(C)c1ccc2nc(NC(=O)C(CC3CCOCC3)n3ccc(S(=O)(=O)C4CC4)cc3=O)sc2n1. The first-order valence-electron chi connectivity index (χ1n) is 12.0. The van der Waals surface area contributed by atoms with Crippen molar-refractivity contribution in [3.05, 3.63) is 40.8 Å². The first-order valence-corrected chi connectivity index (χ1v) is 14.4. The molecule has 1 saturated carbocycles. The molecule has 12 heteroatoms. The van der Waals surface area contributed by atoms with Crippen LogP contribution in [0.4, 0.5) is 10.9 Å². The number of anilines is 2. The van der Waals surface area contributed by atoms with Gasteiger partial charge in [0.15, 0.2) is 15.0 Å². The zero-order valence-corrected chi connectivity index (χ0v) is 21.8. The van der Waals surface area contributed by atoms with Crippen LogP contribution in [-0.4, -0.2) is 61.4 Å². The third-order valence-corrected chi connectivity index (χ3v) is 9.82. The molecule has 0 spiro atoms. The van der Waals surface area contributed by atoms with E-state index in [2.05, 4.69) is 15.3 Å². The molecule has 1 saturated heterocycles. The largest absolute Gasteiger partial charge is 0.381 e. The summed E-state index contributed by atoms with van der Waals surface area (Å²) in [4.78, 5) is 38.3. The van der Waals surface area contributed by atoms with Gasteiger partial charge in [0, 0.05) is 39.6 Å². The third kappa shape index (κ3) is 5.16. The Bertz CT molecular complexity index is 1440. The van der Waals surface area contributed by atoms with Crippen molar-refractivity contribution in [2.24, 2.45) is 5.92 Å². The van der Waals surface area contributed by atoms with E-state index in [1.165, 1.54) is 28.2 Å². The van der Waals surface area contributed by atoms with E-state index in [1.807, 2.05) is 31.1 Å². The van der Waals surface area contributed by atoms with E-state index in [0.29, 0.717) is 48.0 Å². The molecule has 0 aromatic carbocycles. The number of amides is 1. The number of rotatable bonds is 8. The summed E-state index contributed by atoms with van der Waals surface area (Å²) in [6.07, 6.45) is 4.71. The molecule has 1 aliphatic carbocycles. The molecule has 1 atom stereocenters. The maximum atomic E-state index is 13.5. The van der Waals surface area contributed by atoms with Crippen molar-refractivity contribution >= 4 is 48.4 Å². The van der Waals surface area contributed by atoms with E-state index < -0.39 is 26.7 Å². The summed E-state index contributed by atoms with van der Waals surface area (Å²) in [6, 6.07) is 5.48. The maximum absolute atomic E-state index is 13.5. The Morgan fingerprint density at radius 1 is 1.19 bits per heavy atom. The number of nitrogens with zero attached hydrogens (tertiary/aromatic N) is 4. The minimum atomic E-state index is -3.50. The molecular formula is C24H29N5O5S2. The maximum Gasteiger partial charge on any atom is 0.252 e. The Kier molecular flexibility index (Phi) is 6.84. The molecule has 0 bridgehead atoms. The Morgan fingerprint density at radius 2 is 1.94 bits per heavy atom. The number of carbonyl (C=O) groups excluding carboxylic acids is 1. The predicted molar refractivity (Wildman–Crippen MR) is 138 cm³/mol. The highest BCUT2D eigenvalue weighted by molar-refractivity contribution is 7.92. The molecule has 3 aromatic rings. The van der Waals surface area contributed by atoms with Crippen LogP contribution in [0.5, 0.6) is 0 Å². The highest BCUT2D eigenvalue weighted by Crippen LogP contribution is 2.33. The van der Waals surface area contributed by atoms with Crippen LogP contribution in [0.3, 0.4) is 0 Å². The number of aromatic nitrogens is 3. The Hall–Kier alpha value is -2.83. The summed E-state index contributed by atoms with van der Waals surface area (Å²) in [6.45, 7) is 1.23. The lowest BCUT2D eigenvalue weighted by molar-refractivity contribution is -0.120. The number of thiazole rings is 1. The van der Waals surface area contributed by atoms with Crippen LogP contribution in [0.1, 0.15) is 38.1 Å². The number of fused-ring (bicyclic) bond motifs is 1. The van der Waals surface area contributed by atoms with E-state index >= 15 is 0 Å². The fourth-order valence-corrected chi connectivity index (χ4v) is 6.91. The smallest absolute Gasteiger partial charge is 0.252 e. The van der Waals surface area contributed by atoms with E-state index in [0.717, 1.165) is 24.7 Å². The number of pyridine rings is 2. The van der Waals surface area contributed by atoms with Crippen molar-refractivity contribution in [1.29, 1.82) is 0 Å². The zero-order chi connectivity index (χ0) is 25.4. The standard InChI is InChI=1S/C24H29N5O5S2/c1-28(2)20-6-5-18-23(26-20)35-24(25-18)27-22(31)19(13-15-8-11-34-12-9-15)29-10-7-17(14-21(29)30)36(32,33)16-3-4-16/h5-7,10,14-16,19H,3-4,8-9,11-13H2,1-2H3,(H,25,27,31). The van der Waals surface area contributed by atoms with Gasteiger partial charge in [0.2, 0.25) is 5.91 Å². The molecule has 1 amide bonds. The summed E-state index contributed by atoms with van der Waals surface area (Å²) >= 11 is 1.27. The van der Waals surface area contributed by atoms with Crippen molar-refractivity contribution < 1.29 is 17.9 Å². The Labute approximate surface area is 213 Å². The third-order valence-electron chi connectivity index (χ3n) is 6.68. The van der Waals surface area contributed by atoms with Gasteiger partial charge in [-0.1, -0.05) is 11.3 Å². The minimum Gasteiger partial charge on any atom is -0.381 e. The lowest BCUT2D eigenvalue weighted by atomic mass is 9.92. The molecule has 4 heterocycles. The second-order valence-electron chi connectivity index (χ2n) is 9.56. The molecule has 2 aliphatic rings. The van der Waals surface area contributed by atoms with Crippen LogP contribution < -0.4 is 15.8 Å². The van der Waals surface area contributed by atoms with Gasteiger partial charge in [-0.3, -0.25) is 9.59 Å². The molecule has 3 aromatic heterocycles. The summed E-state index contributed by atoms with van der Waals surface area (Å²) in [5.74, 6) is 0.624. The summed E-state index contributed by atoms with van der Waals surface area (Å²) in [7, 11) is 0.301. The average Bonchev–Trinajstić information content (AvgIpc) is 3.64. The molecule has 1 aliphatic heterocycles. The molecule has 0 radical (unpaired) electrons. The van der Waals surface area contributed by atoms with Crippen molar-refractivity contribution in [1.82, 2.24) is 14.5 Å². The zero-order valence-electron chi connectivity index (χ0n) is 20.2. The Balaban J connectivity index is 1.43. The van der Waals surface area contributed by atoms with E-state index in [-0.39, 0.29) is 16.7 Å². The number of sulfone groups is 1. The van der Waals surface area contributed by atoms with E-state index in [1.54, 1.807) is 0 Å². The van der Waals surface area contributed by atoms with Gasteiger partial charge in [-0.25, -0.2) is 18.4 Å². The average molecular weight is 532 g/mol. The fourth-order valence-electron chi connectivity index (χ4n) is 4.42. The van der Waals surface area contributed by atoms with Crippen LogP contribution >= 0.6 is 11.3 Å². The van der Waals surface area contributed by atoms with Gasteiger partial charge in [0.25, 0.3) is 5.56 Å². The molecule has 1 N–H and O–H groups in total. The van der Waals surface area contributed by atoms with Gasteiger partial charge < -0.3 is 19.5 Å². The lowest BCUT2D eigenvalue weighted by Gasteiger charge is -2.27. The molecule has 192 valence electrons. The topological polar surface area (TPSA) is 123 Å². The van der Waals surface area contributed by atoms with Gasteiger partial charge in [-0.2, -0.15) is 0 Å². The normalized spacial score (nSPS) is 17.7. The van der Waals surface area contributed by atoms with Gasteiger partial charge in [0.1, 0.15) is 22.2 Å². The number of hydrogen-bond acceptors (Lipinski definition) is 9. The molecule has 36 heavy (non-hydrogen) atoms. The summed E-state index contributed by atoms with van der Waals surface area (Å²) in [5.41, 5.74) is 0.166. The lowest BCUT2D eigenvalue weighted by Crippen LogP contribution is -2.35. The second kappa shape index (κ2) is 9.91. The van der Waals surface area contributed by atoms with Crippen LogP contribution in [0, 0.1) is 5.92 Å². The van der Waals surface area contributed by atoms with Crippen LogP contribution in [0.2, 0.25) is 0 Å². The van der Waals surface area contributed by atoms with Crippen LogP contribution in [-0.2, 0) is 19.4 Å². The fraction of sp³-hybridized carbons (Fsp3) is 0.500. The second-order valence-corrected chi connectivity index (χ2v) is 12.8. The summed E-state index contributed by atoms with van der Waals surface area (Å²) < 4.78 is 32.0. The van der Waals surface area contributed by atoms with Crippen LogP contribution in [0.25, 0.3) is 10.3 Å². The van der Waals surface area contributed by atoms with Gasteiger partial charge in [0.05, 0.1) is 10.1 Å². The number of carbonyl (C=O) groups is 1. The molecular weight excluding hydrogens is 502 g/mol. The van der Waals surface area contributed by atoms with Crippen molar-refractivity contribution in [3.8, 4) is 0 Å². The van der Waals surface area contributed by atoms with E-state index in [4.69, 9.17) is 4.74 Å². The molecule has 2 fully saturated rings. The van der Waals surface area contributed by atoms with Crippen molar-refractivity contribution in [2.45, 2.75) is 48.3 Å². The van der Waals surface area contributed by atoms with Gasteiger partial charge >= 0.3 is 0 Å². The first-order chi connectivity index (χ1) is 17.2. The van der Waals surface area contributed by atoms with E-state index in [9.17, 15) is 18.0 Å². The number of ether oxygens (including phenoxy) is 1. The predicted octanol–water partition coefficient (Wildman–Crippen LogP) is 2.85. The highest BCUT2D eigenvalue weighted by atomic mass is 32.2. The first kappa shape index (κ1) is 24.8. The summed E-state index contributed by atoms with van der Waals surface area (Å²) in [5, 5.41) is 2.87. The molecule has 1 unspecified atom stereocenters. The minimum absolute atomic E-state index is 0.0189. The van der Waals surface area contributed by atoms with Crippen molar-refractivity contribution in [3.63, 3.8) is 0 Å². The highest BCUT2D eigenvalue weighted by Gasteiger charge is 2.37. The number of nitrogens with one attached hydrogen (secondary N) is 1. The Morgan fingerprint density at radius 3 is 2.61 bits per heavy atom. The van der Waals surface area contributed by atoms with Crippen LogP contribution in [0.15, 0.2) is 40.2 Å². The molecule has 10 nitrogen and oxygen atoms in total.